The standard InChI is InChI=1S/C31H27Br2N/c32-24-11-15-26(16-12-24)34(27-17-13-25(33)14-18-27)31-7-2-1-6-29(31)23-10-19-28-21-4-3-5-22(9-8-21)30(28)20-23/h1-2,6-7,10-22H,3-5,8-9H2. The number of fused-ring (bicyclic) bond motifs is 3. The highest BCUT2D eigenvalue weighted by Gasteiger charge is 2.30. The van der Waals surface area contributed by atoms with E-state index in [1.165, 1.54) is 48.9 Å². The van der Waals surface area contributed by atoms with Crippen molar-refractivity contribution in [3.8, 4) is 11.1 Å². The van der Waals surface area contributed by atoms with E-state index in [2.05, 4.69) is 128 Å². The van der Waals surface area contributed by atoms with Crippen molar-refractivity contribution in [3.63, 3.8) is 0 Å². The molecule has 0 spiro atoms. The molecule has 1 nitrogen and oxygen atoms in total. The number of halogens is 2. The number of hydrogen-bond acceptors (Lipinski definition) is 1. The Morgan fingerprint density at radius 2 is 1.18 bits per heavy atom. The van der Waals surface area contributed by atoms with Crippen LogP contribution in [0.3, 0.4) is 0 Å². The van der Waals surface area contributed by atoms with E-state index in [1.807, 2.05) is 0 Å². The third kappa shape index (κ3) is 4.14. The van der Waals surface area contributed by atoms with E-state index in [9.17, 15) is 0 Å². The average Bonchev–Trinajstić information content (AvgIpc) is 3.22. The van der Waals surface area contributed by atoms with Crippen molar-refractivity contribution in [1.29, 1.82) is 0 Å². The first-order chi connectivity index (χ1) is 16.7. The lowest BCUT2D eigenvalue weighted by molar-refractivity contribution is 0.527. The van der Waals surface area contributed by atoms with Gasteiger partial charge in [0.15, 0.2) is 0 Å². The summed E-state index contributed by atoms with van der Waals surface area (Å²) in [6, 6.07) is 33.3. The molecule has 2 unspecified atom stereocenters. The van der Waals surface area contributed by atoms with E-state index in [4.69, 9.17) is 0 Å². The quantitative estimate of drug-likeness (QED) is 0.235. The van der Waals surface area contributed by atoms with Crippen LogP contribution in [0.1, 0.15) is 55.1 Å². The zero-order valence-corrected chi connectivity index (χ0v) is 22.2. The normalized spacial score (nSPS) is 18.9. The Balaban J connectivity index is 1.50. The van der Waals surface area contributed by atoms with Gasteiger partial charge in [0.05, 0.1) is 5.69 Å². The molecule has 34 heavy (non-hydrogen) atoms. The molecule has 4 aromatic carbocycles. The minimum Gasteiger partial charge on any atom is -0.310 e. The van der Waals surface area contributed by atoms with Gasteiger partial charge in [-0.2, -0.15) is 0 Å². The lowest BCUT2D eigenvalue weighted by Crippen LogP contribution is -2.12. The molecule has 0 N–H and O–H groups in total. The van der Waals surface area contributed by atoms with Crippen molar-refractivity contribution in [1.82, 2.24) is 0 Å². The van der Waals surface area contributed by atoms with Gasteiger partial charge < -0.3 is 4.90 Å². The zero-order valence-electron chi connectivity index (χ0n) is 19.1. The van der Waals surface area contributed by atoms with E-state index in [0.29, 0.717) is 0 Å². The highest BCUT2D eigenvalue weighted by molar-refractivity contribution is 9.10. The molecule has 170 valence electrons. The van der Waals surface area contributed by atoms with Gasteiger partial charge in [0.25, 0.3) is 0 Å². The van der Waals surface area contributed by atoms with Crippen molar-refractivity contribution in [2.75, 3.05) is 4.90 Å². The van der Waals surface area contributed by atoms with Crippen LogP contribution in [0.15, 0.2) is 99.9 Å². The van der Waals surface area contributed by atoms with Crippen LogP contribution in [0.5, 0.6) is 0 Å². The fraction of sp³-hybridized carbons (Fsp3) is 0.226. The predicted octanol–water partition coefficient (Wildman–Crippen LogP) is 10.5. The number of benzene rings is 4. The van der Waals surface area contributed by atoms with Gasteiger partial charge in [-0.25, -0.2) is 0 Å². The molecule has 0 aromatic heterocycles. The number of nitrogens with zero attached hydrogens (tertiary/aromatic N) is 1. The minimum absolute atomic E-state index is 0.731. The van der Waals surface area contributed by atoms with Crippen LogP contribution >= 0.6 is 31.9 Å². The summed E-state index contributed by atoms with van der Waals surface area (Å²) in [7, 11) is 0. The fourth-order valence-electron chi connectivity index (χ4n) is 5.91. The Bertz CT molecular complexity index is 1260. The van der Waals surface area contributed by atoms with E-state index < -0.39 is 0 Å². The summed E-state index contributed by atoms with van der Waals surface area (Å²) in [5.74, 6) is 1.50. The molecule has 7 rings (SSSR count). The molecule has 1 saturated carbocycles. The van der Waals surface area contributed by atoms with Gasteiger partial charge in [-0.1, -0.05) is 74.7 Å². The van der Waals surface area contributed by atoms with Crippen molar-refractivity contribution in [2.24, 2.45) is 0 Å². The maximum Gasteiger partial charge on any atom is 0.0540 e. The van der Waals surface area contributed by atoms with Gasteiger partial charge in [-0.15, -0.1) is 0 Å². The first-order valence-corrected chi connectivity index (χ1v) is 13.8. The van der Waals surface area contributed by atoms with Crippen LogP contribution < -0.4 is 4.90 Å². The lowest BCUT2D eigenvalue weighted by atomic mass is 9.77. The molecule has 0 radical (unpaired) electrons. The molecule has 0 aliphatic heterocycles. The number of anilines is 3. The summed E-state index contributed by atoms with van der Waals surface area (Å²) in [5, 5.41) is 0. The molecular weight excluding hydrogens is 546 g/mol. The second-order valence-corrected chi connectivity index (χ2v) is 11.4. The average molecular weight is 573 g/mol. The molecule has 1 fully saturated rings. The van der Waals surface area contributed by atoms with Crippen LogP contribution in [-0.2, 0) is 0 Å². The molecule has 0 saturated heterocycles. The van der Waals surface area contributed by atoms with Gasteiger partial charge in [0.2, 0.25) is 0 Å². The Morgan fingerprint density at radius 3 is 1.82 bits per heavy atom. The second-order valence-electron chi connectivity index (χ2n) is 9.55. The molecule has 3 aliphatic rings. The number of rotatable bonds is 4. The maximum atomic E-state index is 3.60. The van der Waals surface area contributed by atoms with E-state index >= 15 is 0 Å². The summed E-state index contributed by atoms with van der Waals surface area (Å²) < 4.78 is 2.17. The van der Waals surface area contributed by atoms with Crippen LogP contribution in [0.25, 0.3) is 11.1 Å². The Hall–Kier alpha value is -2.36. The Kier molecular flexibility index (Phi) is 6.09. The van der Waals surface area contributed by atoms with Gasteiger partial charge in [-0.3, -0.25) is 0 Å². The van der Waals surface area contributed by atoms with Crippen LogP contribution in [0.4, 0.5) is 17.1 Å². The molecule has 3 heteroatoms. The topological polar surface area (TPSA) is 3.24 Å². The fourth-order valence-corrected chi connectivity index (χ4v) is 6.44. The number of hydrogen-bond donors (Lipinski definition) is 0. The monoisotopic (exact) mass is 571 g/mol. The van der Waals surface area contributed by atoms with Crippen LogP contribution in [0, 0.1) is 0 Å². The highest BCUT2D eigenvalue weighted by Crippen LogP contribution is 2.49. The lowest BCUT2D eigenvalue weighted by Gasteiger charge is -2.30. The number of para-hydroxylation sites is 1. The zero-order chi connectivity index (χ0) is 23.1. The molecule has 4 aromatic rings. The van der Waals surface area contributed by atoms with Crippen LogP contribution in [-0.4, -0.2) is 0 Å². The highest BCUT2D eigenvalue weighted by atomic mass is 79.9. The van der Waals surface area contributed by atoms with Gasteiger partial charge in [0.1, 0.15) is 0 Å². The van der Waals surface area contributed by atoms with E-state index in [0.717, 1.165) is 32.2 Å². The van der Waals surface area contributed by atoms with Gasteiger partial charge in [0, 0.05) is 25.9 Å². The molecule has 0 heterocycles. The molecule has 2 bridgehead atoms. The molecule has 2 atom stereocenters. The summed E-state index contributed by atoms with van der Waals surface area (Å²) in [6.45, 7) is 0. The van der Waals surface area contributed by atoms with Crippen molar-refractivity contribution in [2.45, 2.75) is 43.9 Å². The van der Waals surface area contributed by atoms with E-state index in [-0.39, 0.29) is 0 Å². The maximum absolute atomic E-state index is 3.60. The summed E-state index contributed by atoms with van der Waals surface area (Å²) >= 11 is 7.20. The van der Waals surface area contributed by atoms with Crippen LogP contribution in [0.2, 0.25) is 0 Å². The first-order valence-electron chi connectivity index (χ1n) is 12.2. The first kappa shape index (κ1) is 22.1. The molecule has 3 aliphatic carbocycles. The van der Waals surface area contributed by atoms with Crippen molar-refractivity contribution in [3.05, 3.63) is 111 Å². The third-order valence-electron chi connectivity index (χ3n) is 7.56. The largest absolute Gasteiger partial charge is 0.310 e. The van der Waals surface area contributed by atoms with Gasteiger partial charge >= 0.3 is 0 Å². The Labute approximate surface area is 219 Å². The SMILES string of the molecule is Brc1ccc(N(c2ccc(Br)cc2)c2ccccc2-c2ccc3c(c2)C2CCCC3CC2)cc1. The smallest absolute Gasteiger partial charge is 0.0540 e. The van der Waals surface area contributed by atoms with Crippen molar-refractivity contribution < 1.29 is 0 Å². The minimum atomic E-state index is 0.731. The predicted molar refractivity (Wildman–Crippen MR) is 151 cm³/mol. The molecule has 0 amide bonds. The third-order valence-corrected chi connectivity index (χ3v) is 8.62. The summed E-state index contributed by atoms with van der Waals surface area (Å²) in [6.07, 6.45) is 6.80. The summed E-state index contributed by atoms with van der Waals surface area (Å²) in [5.41, 5.74) is 9.31. The van der Waals surface area contributed by atoms with E-state index in [1.54, 1.807) is 11.1 Å². The summed E-state index contributed by atoms with van der Waals surface area (Å²) in [4.78, 5) is 2.37. The Morgan fingerprint density at radius 1 is 0.588 bits per heavy atom. The molecular formula is C31H27Br2N. The van der Waals surface area contributed by atoms with Crippen molar-refractivity contribution >= 4 is 48.9 Å². The van der Waals surface area contributed by atoms with Gasteiger partial charge in [-0.05, 0) is 109 Å². The second kappa shape index (κ2) is 9.36.